The summed E-state index contributed by atoms with van der Waals surface area (Å²) in [4.78, 5) is 4.68. The molecule has 0 saturated carbocycles. The molecule has 0 atom stereocenters. The Morgan fingerprint density at radius 1 is 0.971 bits per heavy atom. The molecule has 0 aliphatic carbocycles. The van der Waals surface area contributed by atoms with Crippen molar-refractivity contribution in [3.63, 3.8) is 0 Å². The zero-order chi connectivity index (χ0) is 24.6. The molecule has 35 heavy (non-hydrogen) atoms. The molecule has 0 amide bonds. The number of halogens is 1. The maximum absolute atomic E-state index is 12.8. The minimum Gasteiger partial charge on any atom is -0.496 e. The van der Waals surface area contributed by atoms with Crippen LogP contribution in [0.3, 0.4) is 0 Å². The molecule has 1 N–H and O–H groups in total. The lowest BCUT2D eigenvalue weighted by Gasteiger charge is -2.14. The molecule has 0 saturated heterocycles. The SMILES string of the molecule is COc1cc(-c2ccc(C)c(Cl)c2)ccc1-c1nccc2cc(S(=O)(=O)Nc3ccon3)ccc12. The smallest absolute Gasteiger partial charge is 0.263 e. The summed E-state index contributed by atoms with van der Waals surface area (Å²) in [5, 5.41) is 5.81. The molecule has 9 heteroatoms. The lowest BCUT2D eigenvalue weighted by Crippen LogP contribution is -2.13. The normalized spacial score (nSPS) is 11.5. The number of sulfonamides is 1. The van der Waals surface area contributed by atoms with Crippen molar-refractivity contribution in [2.24, 2.45) is 0 Å². The van der Waals surface area contributed by atoms with E-state index < -0.39 is 10.0 Å². The molecule has 0 aliphatic rings. The van der Waals surface area contributed by atoms with Crippen LogP contribution in [0.15, 0.2) is 88.6 Å². The summed E-state index contributed by atoms with van der Waals surface area (Å²) >= 11 is 6.32. The molecule has 2 aromatic heterocycles. The Kier molecular flexibility index (Phi) is 5.92. The van der Waals surface area contributed by atoms with Crippen molar-refractivity contribution in [2.75, 3.05) is 11.8 Å². The molecule has 0 aliphatic heterocycles. The summed E-state index contributed by atoms with van der Waals surface area (Å²) in [6.07, 6.45) is 2.94. The Hall–Kier alpha value is -3.88. The van der Waals surface area contributed by atoms with Gasteiger partial charge in [-0.1, -0.05) is 41.0 Å². The van der Waals surface area contributed by atoms with Gasteiger partial charge in [-0.15, -0.1) is 0 Å². The van der Waals surface area contributed by atoms with Gasteiger partial charge in [0, 0.05) is 28.2 Å². The van der Waals surface area contributed by atoms with Gasteiger partial charge in [-0.25, -0.2) is 8.42 Å². The number of rotatable bonds is 6. The maximum atomic E-state index is 12.8. The third-order valence-corrected chi connectivity index (χ3v) is 7.44. The van der Waals surface area contributed by atoms with E-state index in [1.54, 1.807) is 31.5 Å². The van der Waals surface area contributed by atoms with Crippen molar-refractivity contribution in [1.29, 1.82) is 0 Å². The van der Waals surface area contributed by atoms with E-state index in [2.05, 4.69) is 14.9 Å². The van der Waals surface area contributed by atoms with Gasteiger partial charge in [0.15, 0.2) is 5.82 Å². The highest BCUT2D eigenvalue weighted by atomic mass is 35.5. The number of aromatic nitrogens is 2. The van der Waals surface area contributed by atoms with Crippen molar-refractivity contribution in [3.8, 4) is 28.1 Å². The quantitative estimate of drug-likeness (QED) is 0.290. The largest absolute Gasteiger partial charge is 0.496 e. The number of anilines is 1. The predicted octanol–water partition coefficient (Wildman–Crippen LogP) is 6.33. The molecular formula is C26H20ClN3O4S. The highest BCUT2D eigenvalue weighted by Crippen LogP contribution is 2.37. The summed E-state index contributed by atoms with van der Waals surface area (Å²) < 4.78 is 38.4. The molecule has 0 radical (unpaired) electrons. The van der Waals surface area contributed by atoms with E-state index in [4.69, 9.17) is 20.9 Å². The number of aryl methyl sites for hydroxylation is 1. The fraction of sp³-hybridized carbons (Fsp3) is 0.0769. The first-order chi connectivity index (χ1) is 16.9. The molecule has 2 heterocycles. The van der Waals surface area contributed by atoms with Crippen LogP contribution in [0.1, 0.15) is 5.56 Å². The van der Waals surface area contributed by atoms with E-state index in [-0.39, 0.29) is 10.7 Å². The van der Waals surface area contributed by atoms with E-state index >= 15 is 0 Å². The number of methoxy groups -OCH3 is 1. The second-order valence-corrected chi connectivity index (χ2v) is 10.0. The number of nitrogens with one attached hydrogen (secondary N) is 1. The Balaban J connectivity index is 1.56. The molecular weight excluding hydrogens is 486 g/mol. The van der Waals surface area contributed by atoms with Gasteiger partial charge >= 0.3 is 0 Å². The van der Waals surface area contributed by atoms with Crippen LogP contribution in [0.25, 0.3) is 33.2 Å². The Morgan fingerprint density at radius 2 is 1.77 bits per heavy atom. The average molecular weight is 506 g/mol. The first kappa shape index (κ1) is 22.9. The average Bonchev–Trinajstić information content (AvgIpc) is 3.37. The molecule has 0 unspecified atom stereocenters. The summed E-state index contributed by atoms with van der Waals surface area (Å²) in [6.45, 7) is 1.96. The van der Waals surface area contributed by atoms with Gasteiger partial charge in [0.1, 0.15) is 12.0 Å². The summed E-state index contributed by atoms with van der Waals surface area (Å²) in [6, 6.07) is 19.9. The summed E-state index contributed by atoms with van der Waals surface area (Å²) in [5.41, 5.74) is 4.42. The number of ether oxygens (including phenoxy) is 1. The minimum atomic E-state index is -3.84. The molecule has 7 nitrogen and oxygen atoms in total. The van der Waals surface area contributed by atoms with Crippen LogP contribution in [0, 0.1) is 6.92 Å². The Bertz CT molecular complexity index is 1650. The van der Waals surface area contributed by atoms with Gasteiger partial charge in [-0.05, 0) is 65.4 Å². The molecule has 0 bridgehead atoms. The van der Waals surface area contributed by atoms with Gasteiger partial charge < -0.3 is 9.26 Å². The molecule has 0 spiro atoms. The van der Waals surface area contributed by atoms with E-state index in [0.29, 0.717) is 16.5 Å². The zero-order valence-electron chi connectivity index (χ0n) is 18.8. The molecule has 5 rings (SSSR count). The Labute approximate surface area is 207 Å². The van der Waals surface area contributed by atoms with E-state index in [9.17, 15) is 8.42 Å². The molecule has 5 aromatic rings. The number of benzene rings is 3. The van der Waals surface area contributed by atoms with Crippen LogP contribution in [0.2, 0.25) is 5.02 Å². The van der Waals surface area contributed by atoms with Crippen molar-refractivity contribution >= 4 is 38.2 Å². The maximum Gasteiger partial charge on any atom is 0.263 e. The van der Waals surface area contributed by atoms with Crippen molar-refractivity contribution in [3.05, 3.63) is 89.8 Å². The van der Waals surface area contributed by atoms with Crippen LogP contribution in [-0.4, -0.2) is 25.7 Å². The second kappa shape index (κ2) is 9.05. The van der Waals surface area contributed by atoms with Crippen LogP contribution >= 0.6 is 11.6 Å². The predicted molar refractivity (Wildman–Crippen MR) is 136 cm³/mol. The molecule has 3 aromatic carbocycles. The van der Waals surface area contributed by atoms with Gasteiger partial charge in [0.2, 0.25) is 0 Å². The van der Waals surface area contributed by atoms with Crippen LogP contribution in [-0.2, 0) is 10.0 Å². The topological polar surface area (TPSA) is 94.3 Å². The van der Waals surface area contributed by atoms with Crippen LogP contribution in [0.4, 0.5) is 5.82 Å². The lowest BCUT2D eigenvalue weighted by molar-refractivity contribution is 0.416. The number of pyridine rings is 1. The summed E-state index contributed by atoms with van der Waals surface area (Å²) in [5.74, 6) is 0.754. The van der Waals surface area contributed by atoms with Gasteiger partial charge in [-0.3, -0.25) is 9.71 Å². The number of hydrogen-bond donors (Lipinski definition) is 1. The minimum absolute atomic E-state index is 0.101. The number of fused-ring (bicyclic) bond motifs is 1. The van der Waals surface area contributed by atoms with Crippen molar-refractivity contribution in [2.45, 2.75) is 11.8 Å². The fourth-order valence-corrected chi connectivity index (χ4v) is 5.05. The third-order valence-electron chi connectivity index (χ3n) is 5.68. The standard InChI is InChI=1S/C26H20ClN3O4S/c1-16-3-4-17(14-23(16)27)18-5-7-22(24(15-18)33-2)26-21-8-6-20(13-19(21)9-11-28-26)35(31,32)30-25-10-12-34-29-25/h3-15H,1-2H3,(H,29,30). The van der Waals surface area contributed by atoms with Crippen molar-refractivity contribution in [1.82, 2.24) is 10.1 Å². The first-order valence-electron chi connectivity index (χ1n) is 10.6. The van der Waals surface area contributed by atoms with E-state index in [1.165, 1.54) is 18.4 Å². The summed E-state index contributed by atoms with van der Waals surface area (Å²) in [7, 11) is -2.23. The van der Waals surface area contributed by atoms with E-state index in [1.807, 2.05) is 43.3 Å². The third kappa shape index (κ3) is 4.45. The number of hydrogen-bond acceptors (Lipinski definition) is 6. The van der Waals surface area contributed by atoms with Crippen LogP contribution < -0.4 is 9.46 Å². The van der Waals surface area contributed by atoms with Gasteiger partial charge in [0.25, 0.3) is 10.0 Å². The number of nitrogens with zero attached hydrogens (tertiary/aromatic N) is 2. The van der Waals surface area contributed by atoms with E-state index in [0.717, 1.165) is 33.0 Å². The zero-order valence-corrected chi connectivity index (χ0v) is 20.4. The van der Waals surface area contributed by atoms with Gasteiger partial charge in [-0.2, -0.15) is 0 Å². The monoisotopic (exact) mass is 505 g/mol. The lowest BCUT2D eigenvalue weighted by atomic mass is 9.98. The second-order valence-electron chi connectivity index (χ2n) is 7.91. The fourth-order valence-electron chi connectivity index (χ4n) is 3.84. The Morgan fingerprint density at radius 3 is 2.51 bits per heavy atom. The first-order valence-corrected chi connectivity index (χ1v) is 12.5. The highest BCUT2D eigenvalue weighted by Gasteiger charge is 2.18. The van der Waals surface area contributed by atoms with Crippen LogP contribution in [0.5, 0.6) is 5.75 Å². The van der Waals surface area contributed by atoms with Gasteiger partial charge in [0.05, 0.1) is 17.7 Å². The molecule has 0 fully saturated rings. The van der Waals surface area contributed by atoms with Crippen molar-refractivity contribution < 1.29 is 17.7 Å². The highest BCUT2D eigenvalue weighted by molar-refractivity contribution is 7.92. The molecule has 176 valence electrons.